The van der Waals surface area contributed by atoms with Crippen molar-refractivity contribution in [3.63, 3.8) is 0 Å². The fourth-order valence-electron chi connectivity index (χ4n) is 1.77. The van der Waals surface area contributed by atoms with Crippen LogP contribution in [0.2, 0.25) is 0 Å². The predicted octanol–water partition coefficient (Wildman–Crippen LogP) is 2.86. The van der Waals surface area contributed by atoms with Crippen molar-refractivity contribution < 1.29 is 9.53 Å². The van der Waals surface area contributed by atoms with Crippen LogP contribution in [-0.4, -0.2) is 20.1 Å². The van der Waals surface area contributed by atoms with Gasteiger partial charge in [-0.3, -0.25) is 0 Å². The van der Waals surface area contributed by atoms with E-state index >= 15 is 0 Å². The van der Waals surface area contributed by atoms with E-state index in [4.69, 9.17) is 4.74 Å². The van der Waals surface area contributed by atoms with Gasteiger partial charge in [-0.05, 0) is 24.1 Å². The van der Waals surface area contributed by atoms with Crippen LogP contribution in [-0.2, 0) is 9.53 Å². The zero-order valence-corrected chi connectivity index (χ0v) is 13.0. The summed E-state index contributed by atoms with van der Waals surface area (Å²) in [6.45, 7) is 2.03. The van der Waals surface area contributed by atoms with Gasteiger partial charge in [-0.2, -0.15) is 0 Å². The molecule has 0 bridgehead atoms. The van der Waals surface area contributed by atoms with E-state index in [1.165, 1.54) is 7.11 Å². The van der Waals surface area contributed by atoms with Crippen LogP contribution in [0.5, 0.6) is 0 Å². The second-order valence-electron chi connectivity index (χ2n) is 3.98. The predicted molar refractivity (Wildman–Crippen MR) is 80.2 cm³/mol. The third-order valence-corrected chi connectivity index (χ3v) is 3.15. The Morgan fingerprint density at radius 2 is 1.95 bits per heavy atom. The normalized spacial score (nSPS) is 11.8. The number of hydrogen-bond donors (Lipinski definition) is 2. The van der Waals surface area contributed by atoms with E-state index in [-0.39, 0.29) is 5.97 Å². The molecule has 0 unspecified atom stereocenters. The van der Waals surface area contributed by atoms with E-state index in [0.717, 1.165) is 22.2 Å². The summed E-state index contributed by atoms with van der Waals surface area (Å²) in [6.07, 6.45) is 1.53. The first-order valence-electron chi connectivity index (χ1n) is 6.14. The Bertz CT molecular complexity index is 455. The first-order valence-corrected chi connectivity index (χ1v) is 6.93. The number of esters is 1. The summed E-state index contributed by atoms with van der Waals surface area (Å²) in [6, 6.07) is 7.77. The molecule has 0 aromatic heterocycles. The SMILES string of the molecule is CCC/C(C(=O)OC)=C(\NNC)c1ccc(Br)cc1. The lowest BCUT2D eigenvalue weighted by atomic mass is 10.0. The number of methoxy groups -OCH3 is 1. The van der Waals surface area contributed by atoms with Crippen molar-refractivity contribution in [2.75, 3.05) is 14.2 Å². The Morgan fingerprint density at radius 3 is 2.42 bits per heavy atom. The Morgan fingerprint density at radius 1 is 1.32 bits per heavy atom. The molecule has 19 heavy (non-hydrogen) atoms. The Hall–Kier alpha value is -1.33. The van der Waals surface area contributed by atoms with E-state index in [0.29, 0.717) is 12.0 Å². The molecular weight excluding hydrogens is 308 g/mol. The zero-order valence-electron chi connectivity index (χ0n) is 11.4. The van der Waals surface area contributed by atoms with Gasteiger partial charge in [-0.15, -0.1) is 0 Å². The smallest absolute Gasteiger partial charge is 0.335 e. The molecule has 104 valence electrons. The minimum absolute atomic E-state index is 0.303. The molecular formula is C14H19BrN2O2. The molecule has 0 heterocycles. The Kier molecular flexibility index (Phi) is 6.59. The van der Waals surface area contributed by atoms with Crippen molar-refractivity contribution in [2.24, 2.45) is 0 Å². The van der Waals surface area contributed by atoms with Crippen molar-refractivity contribution >= 4 is 27.6 Å². The molecule has 0 saturated carbocycles. The van der Waals surface area contributed by atoms with Gasteiger partial charge in [0.05, 0.1) is 18.4 Å². The van der Waals surface area contributed by atoms with Crippen LogP contribution in [0.1, 0.15) is 25.3 Å². The molecule has 1 aromatic carbocycles. The van der Waals surface area contributed by atoms with E-state index in [1.807, 2.05) is 31.2 Å². The molecule has 0 radical (unpaired) electrons. The molecule has 0 aliphatic heterocycles. The Balaban J connectivity index is 3.27. The molecule has 0 aliphatic carbocycles. The van der Waals surface area contributed by atoms with Crippen molar-refractivity contribution in [3.05, 3.63) is 39.9 Å². The monoisotopic (exact) mass is 326 g/mol. The summed E-state index contributed by atoms with van der Waals surface area (Å²) in [5.74, 6) is -0.303. The molecule has 1 rings (SSSR count). The zero-order chi connectivity index (χ0) is 14.3. The fraction of sp³-hybridized carbons (Fsp3) is 0.357. The van der Waals surface area contributed by atoms with Gasteiger partial charge in [0, 0.05) is 11.5 Å². The third-order valence-electron chi connectivity index (χ3n) is 2.62. The number of ether oxygens (including phenoxy) is 1. The highest BCUT2D eigenvalue weighted by Gasteiger charge is 2.16. The summed E-state index contributed by atoms with van der Waals surface area (Å²) in [5, 5.41) is 0. The molecule has 0 saturated heterocycles. The highest BCUT2D eigenvalue weighted by Crippen LogP contribution is 2.22. The summed E-state index contributed by atoms with van der Waals surface area (Å²) < 4.78 is 5.86. The lowest BCUT2D eigenvalue weighted by molar-refractivity contribution is -0.136. The number of carbonyl (C=O) groups excluding carboxylic acids is 1. The van der Waals surface area contributed by atoms with Crippen LogP contribution < -0.4 is 10.9 Å². The van der Waals surface area contributed by atoms with Gasteiger partial charge in [0.1, 0.15) is 0 Å². The highest BCUT2D eigenvalue weighted by atomic mass is 79.9. The van der Waals surface area contributed by atoms with Crippen LogP contribution in [0.25, 0.3) is 5.70 Å². The van der Waals surface area contributed by atoms with Crippen LogP contribution in [0.3, 0.4) is 0 Å². The van der Waals surface area contributed by atoms with Crippen LogP contribution in [0.4, 0.5) is 0 Å². The minimum atomic E-state index is -0.303. The molecule has 5 heteroatoms. The lowest BCUT2D eigenvalue weighted by Gasteiger charge is -2.15. The molecule has 0 amide bonds. The van der Waals surface area contributed by atoms with E-state index in [1.54, 1.807) is 7.05 Å². The number of nitrogens with one attached hydrogen (secondary N) is 2. The van der Waals surface area contributed by atoms with E-state index < -0.39 is 0 Å². The first-order chi connectivity index (χ1) is 9.13. The van der Waals surface area contributed by atoms with E-state index in [2.05, 4.69) is 26.8 Å². The Labute approximate surface area is 122 Å². The van der Waals surface area contributed by atoms with Crippen LogP contribution in [0, 0.1) is 0 Å². The number of hydrazine groups is 1. The third kappa shape index (κ3) is 4.36. The lowest BCUT2D eigenvalue weighted by Crippen LogP contribution is -2.28. The highest BCUT2D eigenvalue weighted by molar-refractivity contribution is 9.10. The summed E-state index contributed by atoms with van der Waals surface area (Å²) >= 11 is 3.40. The van der Waals surface area contributed by atoms with E-state index in [9.17, 15) is 4.79 Å². The van der Waals surface area contributed by atoms with Crippen LogP contribution >= 0.6 is 15.9 Å². The van der Waals surface area contributed by atoms with Crippen molar-refractivity contribution in [1.82, 2.24) is 10.9 Å². The van der Waals surface area contributed by atoms with Gasteiger partial charge in [0.15, 0.2) is 0 Å². The largest absolute Gasteiger partial charge is 0.466 e. The average Bonchev–Trinajstić information content (AvgIpc) is 2.43. The van der Waals surface area contributed by atoms with Crippen LogP contribution in [0.15, 0.2) is 34.3 Å². The maximum absolute atomic E-state index is 11.9. The maximum Gasteiger partial charge on any atom is 0.335 e. The molecule has 0 atom stereocenters. The summed E-state index contributed by atoms with van der Waals surface area (Å²) in [4.78, 5) is 11.9. The van der Waals surface area contributed by atoms with Gasteiger partial charge < -0.3 is 10.2 Å². The van der Waals surface area contributed by atoms with Gasteiger partial charge >= 0.3 is 5.97 Å². The molecule has 4 nitrogen and oxygen atoms in total. The quantitative estimate of drug-likeness (QED) is 0.479. The summed E-state index contributed by atoms with van der Waals surface area (Å²) in [5.41, 5.74) is 8.23. The van der Waals surface area contributed by atoms with Gasteiger partial charge in [0.2, 0.25) is 0 Å². The van der Waals surface area contributed by atoms with Crippen molar-refractivity contribution in [2.45, 2.75) is 19.8 Å². The molecule has 0 fully saturated rings. The molecule has 1 aromatic rings. The van der Waals surface area contributed by atoms with Gasteiger partial charge in [-0.1, -0.05) is 41.4 Å². The number of benzene rings is 1. The second-order valence-corrected chi connectivity index (χ2v) is 4.89. The number of rotatable bonds is 6. The average molecular weight is 327 g/mol. The minimum Gasteiger partial charge on any atom is -0.466 e. The maximum atomic E-state index is 11.9. The van der Waals surface area contributed by atoms with Crippen molar-refractivity contribution in [3.8, 4) is 0 Å². The standard InChI is InChI=1S/C14H19BrN2O2/c1-4-5-12(14(18)19-3)13(17-16-2)10-6-8-11(15)9-7-10/h6-9,16-17H,4-5H2,1-3H3/b13-12+. The number of halogens is 1. The fourth-order valence-corrected chi connectivity index (χ4v) is 2.03. The number of hydrogen-bond acceptors (Lipinski definition) is 4. The topological polar surface area (TPSA) is 50.4 Å². The molecule has 2 N–H and O–H groups in total. The molecule has 0 aliphatic rings. The van der Waals surface area contributed by atoms with Gasteiger partial charge in [0.25, 0.3) is 0 Å². The second kappa shape index (κ2) is 7.96. The number of carbonyl (C=O) groups is 1. The first kappa shape index (κ1) is 15.7. The summed E-state index contributed by atoms with van der Waals surface area (Å²) in [7, 11) is 3.16. The van der Waals surface area contributed by atoms with Crippen molar-refractivity contribution in [1.29, 1.82) is 0 Å². The van der Waals surface area contributed by atoms with Gasteiger partial charge in [-0.25, -0.2) is 10.2 Å². The molecule has 0 spiro atoms.